The van der Waals surface area contributed by atoms with E-state index in [1.54, 1.807) is 17.3 Å². The lowest BCUT2D eigenvalue weighted by Gasteiger charge is -2.25. The topological polar surface area (TPSA) is 45.2 Å². The molecule has 1 atom stereocenters. The molecule has 0 radical (unpaired) electrons. The van der Waals surface area contributed by atoms with Crippen LogP contribution in [0.4, 0.5) is 0 Å². The van der Waals surface area contributed by atoms with Crippen molar-refractivity contribution in [3.63, 3.8) is 0 Å². The average Bonchev–Trinajstić information content (AvgIpc) is 2.41. The first-order valence-corrected chi connectivity index (χ1v) is 6.62. The molecule has 2 heterocycles. The second-order valence-electron chi connectivity index (χ2n) is 4.96. The summed E-state index contributed by atoms with van der Waals surface area (Å²) >= 11 is 0. The van der Waals surface area contributed by atoms with E-state index in [0.717, 1.165) is 18.5 Å². The molecule has 0 aromatic carbocycles. The Morgan fingerprint density at radius 2 is 2.22 bits per heavy atom. The molecule has 0 saturated carbocycles. The Balaban J connectivity index is 1.81. The van der Waals surface area contributed by atoms with Gasteiger partial charge in [-0.05, 0) is 37.1 Å². The predicted molar refractivity (Wildman–Crippen MR) is 71.0 cm³/mol. The number of pyridine rings is 1. The first kappa shape index (κ1) is 13.0. The molecule has 1 fully saturated rings. The number of hydrogen-bond acceptors (Lipinski definition) is 3. The van der Waals surface area contributed by atoms with Crippen molar-refractivity contribution >= 4 is 5.91 Å². The normalized spacial score (nSPS) is 19.5. The third kappa shape index (κ3) is 3.81. The molecule has 4 heteroatoms. The van der Waals surface area contributed by atoms with Crippen LogP contribution in [0.3, 0.4) is 0 Å². The zero-order valence-electron chi connectivity index (χ0n) is 10.9. The van der Waals surface area contributed by atoms with Gasteiger partial charge in [-0.15, -0.1) is 0 Å². The molecule has 1 aromatic rings. The van der Waals surface area contributed by atoms with Gasteiger partial charge in [-0.3, -0.25) is 9.78 Å². The lowest BCUT2D eigenvalue weighted by Crippen LogP contribution is -2.39. The van der Waals surface area contributed by atoms with Crippen molar-refractivity contribution in [3.8, 4) is 0 Å². The molecular formula is C14H21N3O. The molecule has 1 N–H and O–H groups in total. The minimum Gasteiger partial charge on any atom is -0.341 e. The number of aromatic nitrogens is 1. The summed E-state index contributed by atoms with van der Waals surface area (Å²) in [4.78, 5) is 17.9. The maximum Gasteiger partial charge on any atom is 0.224 e. The van der Waals surface area contributed by atoms with Crippen LogP contribution >= 0.6 is 0 Å². The molecule has 1 amide bonds. The summed E-state index contributed by atoms with van der Waals surface area (Å²) in [6.45, 7) is 1.71. The highest BCUT2D eigenvalue weighted by Crippen LogP contribution is 2.12. The molecule has 0 bridgehead atoms. The Kier molecular flexibility index (Phi) is 4.70. The highest BCUT2D eigenvalue weighted by molar-refractivity contribution is 5.76. The van der Waals surface area contributed by atoms with E-state index in [0.29, 0.717) is 19.0 Å². The van der Waals surface area contributed by atoms with Gasteiger partial charge in [0.25, 0.3) is 0 Å². The number of hydrogen-bond donors (Lipinski definition) is 1. The van der Waals surface area contributed by atoms with Crippen LogP contribution in [0.25, 0.3) is 0 Å². The zero-order valence-corrected chi connectivity index (χ0v) is 10.9. The first-order chi connectivity index (χ1) is 8.75. The Labute approximate surface area is 108 Å². The second kappa shape index (κ2) is 6.50. The molecule has 2 rings (SSSR count). The quantitative estimate of drug-likeness (QED) is 0.878. The minimum atomic E-state index is 0.214. The molecule has 18 heavy (non-hydrogen) atoms. The van der Waals surface area contributed by atoms with E-state index in [-0.39, 0.29) is 5.91 Å². The second-order valence-corrected chi connectivity index (χ2v) is 4.96. The largest absolute Gasteiger partial charge is 0.341 e. The standard InChI is InChI=1S/C14H21N3O/c1-17(11-12-5-8-15-9-6-12)14(18)10-13-4-2-3-7-16-13/h5-6,8-9,13,16H,2-4,7,10-11H2,1H3. The molecule has 1 aromatic heterocycles. The number of nitrogens with one attached hydrogen (secondary N) is 1. The number of carbonyl (C=O) groups excluding carboxylic acids is 1. The predicted octanol–water partition coefficient (Wildman–Crippen LogP) is 1.57. The third-order valence-corrected chi connectivity index (χ3v) is 3.43. The van der Waals surface area contributed by atoms with Crippen molar-refractivity contribution in [1.82, 2.24) is 15.2 Å². The van der Waals surface area contributed by atoms with Crippen LogP contribution in [0.1, 0.15) is 31.2 Å². The van der Waals surface area contributed by atoms with E-state index < -0.39 is 0 Å². The van der Waals surface area contributed by atoms with Crippen LogP contribution in [0.15, 0.2) is 24.5 Å². The fraction of sp³-hybridized carbons (Fsp3) is 0.571. The lowest BCUT2D eigenvalue weighted by atomic mass is 10.0. The zero-order chi connectivity index (χ0) is 12.8. The third-order valence-electron chi connectivity index (χ3n) is 3.43. The van der Waals surface area contributed by atoms with E-state index in [9.17, 15) is 4.79 Å². The number of nitrogens with zero attached hydrogens (tertiary/aromatic N) is 2. The molecule has 0 spiro atoms. The molecule has 1 aliphatic rings. The van der Waals surface area contributed by atoms with Crippen LogP contribution in [0.2, 0.25) is 0 Å². The molecule has 1 aliphatic heterocycles. The van der Waals surface area contributed by atoms with Crippen molar-refractivity contribution < 1.29 is 4.79 Å². The highest BCUT2D eigenvalue weighted by Gasteiger charge is 2.18. The van der Waals surface area contributed by atoms with E-state index in [2.05, 4.69) is 10.3 Å². The first-order valence-electron chi connectivity index (χ1n) is 6.62. The summed E-state index contributed by atoms with van der Waals surface area (Å²) in [7, 11) is 1.87. The maximum atomic E-state index is 12.1. The van der Waals surface area contributed by atoms with Gasteiger partial charge < -0.3 is 10.2 Å². The van der Waals surface area contributed by atoms with Gasteiger partial charge in [0, 0.05) is 38.4 Å². The fourth-order valence-electron chi connectivity index (χ4n) is 2.32. The molecular weight excluding hydrogens is 226 g/mol. The summed E-state index contributed by atoms with van der Waals surface area (Å²) in [6.07, 6.45) is 7.72. The van der Waals surface area contributed by atoms with Gasteiger partial charge in [-0.2, -0.15) is 0 Å². The molecule has 1 saturated heterocycles. The Hall–Kier alpha value is -1.42. The summed E-state index contributed by atoms with van der Waals surface area (Å²) in [5, 5.41) is 3.41. The number of amides is 1. The van der Waals surface area contributed by atoms with Gasteiger partial charge in [0.2, 0.25) is 5.91 Å². The van der Waals surface area contributed by atoms with E-state index in [1.807, 2.05) is 19.2 Å². The average molecular weight is 247 g/mol. The summed E-state index contributed by atoms with van der Waals surface area (Å²) in [6, 6.07) is 4.26. The van der Waals surface area contributed by atoms with Crippen molar-refractivity contribution in [2.45, 2.75) is 38.3 Å². The van der Waals surface area contributed by atoms with Crippen molar-refractivity contribution in [3.05, 3.63) is 30.1 Å². The van der Waals surface area contributed by atoms with Crippen LogP contribution in [-0.2, 0) is 11.3 Å². The van der Waals surface area contributed by atoms with Crippen molar-refractivity contribution in [2.24, 2.45) is 0 Å². The van der Waals surface area contributed by atoms with Crippen molar-refractivity contribution in [1.29, 1.82) is 0 Å². The molecule has 1 unspecified atom stereocenters. The number of carbonyl (C=O) groups is 1. The van der Waals surface area contributed by atoms with E-state index >= 15 is 0 Å². The van der Waals surface area contributed by atoms with Crippen LogP contribution in [0, 0.1) is 0 Å². The fourth-order valence-corrected chi connectivity index (χ4v) is 2.32. The van der Waals surface area contributed by atoms with Gasteiger partial charge in [0.05, 0.1) is 0 Å². The Bertz CT molecular complexity index is 374. The number of piperidine rings is 1. The van der Waals surface area contributed by atoms with Gasteiger partial charge in [-0.1, -0.05) is 6.42 Å². The van der Waals surface area contributed by atoms with Crippen LogP contribution < -0.4 is 5.32 Å². The summed E-state index contributed by atoms with van der Waals surface area (Å²) in [5.74, 6) is 0.214. The van der Waals surface area contributed by atoms with Gasteiger partial charge in [-0.25, -0.2) is 0 Å². The molecule has 98 valence electrons. The number of rotatable bonds is 4. The highest BCUT2D eigenvalue weighted by atomic mass is 16.2. The Morgan fingerprint density at radius 1 is 1.44 bits per heavy atom. The molecule has 0 aliphatic carbocycles. The van der Waals surface area contributed by atoms with E-state index in [4.69, 9.17) is 0 Å². The van der Waals surface area contributed by atoms with Crippen molar-refractivity contribution in [2.75, 3.05) is 13.6 Å². The SMILES string of the molecule is CN(Cc1ccncc1)C(=O)CC1CCCCN1. The lowest BCUT2D eigenvalue weighted by molar-refractivity contribution is -0.131. The van der Waals surface area contributed by atoms with Crippen LogP contribution in [-0.4, -0.2) is 35.4 Å². The summed E-state index contributed by atoms with van der Waals surface area (Å²) in [5.41, 5.74) is 1.12. The van der Waals surface area contributed by atoms with Gasteiger partial charge >= 0.3 is 0 Å². The monoisotopic (exact) mass is 247 g/mol. The smallest absolute Gasteiger partial charge is 0.224 e. The van der Waals surface area contributed by atoms with Gasteiger partial charge in [0.15, 0.2) is 0 Å². The minimum absolute atomic E-state index is 0.214. The Morgan fingerprint density at radius 3 is 2.89 bits per heavy atom. The van der Waals surface area contributed by atoms with Gasteiger partial charge in [0.1, 0.15) is 0 Å². The van der Waals surface area contributed by atoms with E-state index in [1.165, 1.54) is 12.8 Å². The van der Waals surface area contributed by atoms with Crippen LogP contribution in [0.5, 0.6) is 0 Å². The summed E-state index contributed by atoms with van der Waals surface area (Å²) < 4.78 is 0. The molecule has 4 nitrogen and oxygen atoms in total. The maximum absolute atomic E-state index is 12.1.